The van der Waals surface area contributed by atoms with E-state index in [9.17, 15) is 4.79 Å². The van der Waals surface area contributed by atoms with Crippen LogP contribution in [0.2, 0.25) is 0 Å². The predicted molar refractivity (Wildman–Crippen MR) is 81.7 cm³/mol. The lowest BCUT2D eigenvalue weighted by atomic mass is 10.1. The summed E-state index contributed by atoms with van der Waals surface area (Å²) in [5.41, 5.74) is 2.60. The molecule has 0 aliphatic heterocycles. The minimum absolute atomic E-state index is 0.0830. The average molecular weight is 287 g/mol. The highest BCUT2D eigenvalue weighted by atomic mass is 16.5. The molecule has 112 valence electrons. The Morgan fingerprint density at radius 1 is 1.38 bits per heavy atom. The second kappa shape index (κ2) is 6.92. The highest BCUT2D eigenvalue weighted by Gasteiger charge is 2.12. The maximum absolute atomic E-state index is 12.2. The second-order valence-electron chi connectivity index (χ2n) is 4.84. The highest BCUT2D eigenvalue weighted by molar-refractivity contribution is 5.92. The van der Waals surface area contributed by atoms with Crippen molar-refractivity contribution in [3.63, 3.8) is 0 Å². The molecule has 1 N–H and O–H groups in total. The van der Waals surface area contributed by atoms with Crippen LogP contribution in [0.3, 0.4) is 0 Å². The van der Waals surface area contributed by atoms with E-state index in [4.69, 9.17) is 4.74 Å². The summed E-state index contributed by atoms with van der Waals surface area (Å²) in [4.78, 5) is 12.2. The first kappa shape index (κ1) is 15.1. The Bertz CT molecular complexity index is 620. The SMILES string of the molecule is CCn1nc(C)cc1C(=O)NCCc1cccc(OC)c1. The third-order valence-electron chi connectivity index (χ3n) is 3.27. The molecule has 0 fully saturated rings. The van der Waals surface area contributed by atoms with E-state index >= 15 is 0 Å². The number of aryl methyl sites for hydroxylation is 2. The number of hydrogen-bond acceptors (Lipinski definition) is 3. The van der Waals surface area contributed by atoms with Crippen molar-refractivity contribution in [2.45, 2.75) is 26.8 Å². The summed E-state index contributed by atoms with van der Waals surface area (Å²) >= 11 is 0. The summed E-state index contributed by atoms with van der Waals surface area (Å²) in [6.07, 6.45) is 0.766. The molecule has 0 aliphatic rings. The zero-order valence-corrected chi connectivity index (χ0v) is 12.7. The topological polar surface area (TPSA) is 56.2 Å². The van der Waals surface area contributed by atoms with Gasteiger partial charge in [0.1, 0.15) is 11.4 Å². The van der Waals surface area contributed by atoms with Crippen LogP contribution in [0.5, 0.6) is 5.75 Å². The van der Waals surface area contributed by atoms with Gasteiger partial charge in [-0.2, -0.15) is 5.10 Å². The van der Waals surface area contributed by atoms with Crippen LogP contribution in [-0.2, 0) is 13.0 Å². The number of amides is 1. The molecule has 1 aromatic heterocycles. The molecule has 5 heteroatoms. The molecular formula is C16H21N3O2. The number of benzene rings is 1. The highest BCUT2D eigenvalue weighted by Crippen LogP contribution is 2.12. The predicted octanol–water partition coefficient (Wildman–Crippen LogP) is 2.19. The molecule has 2 aromatic rings. The Labute approximate surface area is 124 Å². The number of methoxy groups -OCH3 is 1. The van der Waals surface area contributed by atoms with Gasteiger partial charge in [-0.25, -0.2) is 0 Å². The van der Waals surface area contributed by atoms with Crippen LogP contribution in [0.1, 0.15) is 28.7 Å². The van der Waals surface area contributed by atoms with Crippen molar-refractivity contribution in [3.8, 4) is 5.75 Å². The fourth-order valence-corrected chi connectivity index (χ4v) is 2.21. The van der Waals surface area contributed by atoms with E-state index in [2.05, 4.69) is 10.4 Å². The van der Waals surface area contributed by atoms with Gasteiger partial charge in [-0.15, -0.1) is 0 Å². The van der Waals surface area contributed by atoms with Crippen molar-refractivity contribution in [1.82, 2.24) is 15.1 Å². The maximum Gasteiger partial charge on any atom is 0.269 e. The van der Waals surface area contributed by atoms with E-state index in [0.29, 0.717) is 18.8 Å². The summed E-state index contributed by atoms with van der Waals surface area (Å²) in [7, 11) is 1.65. The summed E-state index contributed by atoms with van der Waals surface area (Å²) in [5.74, 6) is 0.749. The zero-order chi connectivity index (χ0) is 15.2. The molecule has 2 rings (SSSR count). The van der Waals surface area contributed by atoms with Crippen molar-refractivity contribution < 1.29 is 9.53 Å². The van der Waals surface area contributed by atoms with Crippen LogP contribution in [-0.4, -0.2) is 29.3 Å². The quantitative estimate of drug-likeness (QED) is 0.886. The van der Waals surface area contributed by atoms with Gasteiger partial charge in [0.25, 0.3) is 5.91 Å². The van der Waals surface area contributed by atoms with Gasteiger partial charge in [-0.05, 0) is 44.0 Å². The van der Waals surface area contributed by atoms with Gasteiger partial charge < -0.3 is 10.1 Å². The van der Waals surface area contributed by atoms with Crippen molar-refractivity contribution in [2.24, 2.45) is 0 Å². The van der Waals surface area contributed by atoms with Gasteiger partial charge in [0, 0.05) is 13.1 Å². The number of carbonyl (C=O) groups excluding carboxylic acids is 1. The molecule has 0 saturated heterocycles. The van der Waals surface area contributed by atoms with Gasteiger partial charge >= 0.3 is 0 Å². The first-order chi connectivity index (χ1) is 10.1. The minimum Gasteiger partial charge on any atom is -0.497 e. The lowest BCUT2D eigenvalue weighted by molar-refractivity contribution is 0.0943. The van der Waals surface area contributed by atoms with Gasteiger partial charge in [-0.1, -0.05) is 12.1 Å². The Morgan fingerprint density at radius 3 is 2.90 bits per heavy atom. The average Bonchev–Trinajstić information content (AvgIpc) is 2.88. The molecule has 1 amide bonds. The third-order valence-corrected chi connectivity index (χ3v) is 3.27. The summed E-state index contributed by atoms with van der Waals surface area (Å²) in [6, 6.07) is 9.67. The Balaban J connectivity index is 1.92. The fraction of sp³-hybridized carbons (Fsp3) is 0.375. The summed E-state index contributed by atoms with van der Waals surface area (Å²) in [6.45, 7) is 5.13. The normalized spacial score (nSPS) is 10.4. The number of ether oxygens (including phenoxy) is 1. The number of nitrogens with one attached hydrogen (secondary N) is 1. The Morgan fingerprint density at radius 2 is 2.19 bits per heavy atom. The first-order valence-electron chi connectivity index (χ1n) is 7.09. The van der Waals surface area contributed by atoms with Crippen molar-refractivity contribution in [3.05, 3.63) is 47.3 Å². The van der Waals surface area contributed by atoms with E-state index < -0.39 is 0 Å². The number of rotatable bonds is 6. The number of carbonyl (C=O) groups is 1. The largest absolute Gasteiger partial charge is 0.497 e. The van der Waals surface area contributed by atoms with E-state index in [-0.39, 0.29) is 5.91 Å². The lowest BCUT2D eigenvalue weighted by Gasteiger charge is -2.07. The molecule has 0 unspecified atom stereocenters. The van der Waals surface area contributed by atoms with Crippen LogP contribution in [0.15, 0.2) is 30.3 Å². The van der Waals surface area contributed by atoms with Crippen LogP contribution in [0.25, 0.3) is 0 Å². The minimum atomic E-state index is -0.0830. The van der Waals surface area contributed by atoms with Gasteiger partial charge in [0.15, 0.2) is 0 Å². The smallest absolute Gasteiger partial charge is 0.269 e. The summed E-state index contributed by atoms with van der Waals surface area (Å²) < 4.78 is 6.90. The van der Waals surface area contributed by atoms with Crippen molar-refractivity contribution >= 4 is 5.91 Å². The van der Waals surface area contributed by atoms with Gasteiger partial charge in [0.2, 0.25) is 0 Å². The van der Waals surface area contributed by atoms with Crippen molar-refractivity contribution in [2.75, 3.05) is 13.7 Å². The van der Waals surface area contributed by atoms with Crippen LogP contribution >= 0.6 is 0 Å². The van der Waals surface area contributed by atoms with Crippen LogP contribution in [0.4, 0.5) is 0 Å². The van der Waals surface area contributed by atoms with Gasteiger partial charge in [0.05, 0.1) is 12.8 Å². The molecule has 0 spiro atoms. The standard InChI is InChI=1S/C16H21N3O2/c1-4-19-15(10-12(2)18-19)16(20)17-9-8-13-6-5-7-14(11-13)21-3/h5-7,10-11H,4,8-9H2,1-3H3,(H,17,20). The molecular weight excluding hydrogens is 266 g/mol. The molecule has 0 aliphatic carbocycles. The number of hydrogen-bond donors (Lipinski definition) is 1. The first-order valence-corrected chi connectivity index (χ1v) is 7.09. The van der Waals surface area contributed by atoms with Crippen LogP contribution in [0, 0.1) is 6.92 Å². The Hall–Kier alpha value is -2.30. The van der Waals surface area contributed by atoms with E-state index in [1.54, 1.807) is 11.8 Å². The van der Waals surface area contributed by atoms with Gasteiger partial charge in [-0.3, -0.25) is 9.48 Å². The van der Waals surface area contributed by atoms with Crippen molar-refractivity contribution in [1.29, 1.82) is 0 Å². The molecule has 1 aromatic carbocycles. The molecule has 0 saturated carbocycles. The lowest BCUT2D eigenvalue weighted by Crippen LogP contribution is -2.28. The molecule has 0 radical (unpaired) electrons. The fourth-order valence-electron chi connectivity index (χ4n) is 2.21. The Kier molecular flexibility index (Phi) is 4.98. The second-order valence-corrected chi connectivity index (χ2v) is 4.84. The number of nitrogens with zero attached hydrogens (tertiary/aromatic N) is 2. The molecule has 0 atom stereocenters. The molecule has 5 nitrogen and oxygen atoms in total. The summed E-state index contributed by atoms with van der Waals surface area (Å²) in [5, 5.41) is 7.21. The molecule has 0 bridgehead atoms. The zero-order valence-electron chi connectivity index (χ0n) is 12.7. The van der Waals surface area contributed by atoms with E-state index in [0.717, 1.165) is 23.4 Å². The maximum atomic E-state index is 12.2. The third kappa shape index (κ3) is 3.84. The molecule has 21 heavy (non-hydrogen) atoms. The number of aromatic nitrogens is 2. The van der Waals surface area contributed by atoms with Crippen LogP contribution < -0.4 is 10.1 Å². The van der Waals surface area contributed by atoms with E-state index in [1.165, 1.54) is 0 Å². The monoisotopic (exact) mass is 287 g/mol. The van der Waals surface area contributed by atoms with E-state index in [1.807, 2.05) is 44.2 Å². The molecule has 1 heterocycles.